The monoisotopic (exact) mass is 297 g/mol. The van der Waals surface area contributed by atoms with E-state index in [4.69, 9.17) is 11.6 Å². The molecule has 0 radical (unpaired) electrons. The summed E-state index contributed by atoms with van der Waals surface area (Å²) >= 11 is 6.44. The van der Waals surface area contributed by atoms with Crippen LogP contribution in [0.3, 0.4) is 0 Å². The summed E-state index contributed by atoms with van der Waals surface area (Å²) in [5, 5.41) is 8.94. The van der Waals surface area contributed by atoms with Crippen molar-refractivity contribution >= 4 is 11.6 Å². The van der Waals surface area contributed by atoms with Crippen molar-refractivity contribution in [3.05, 3.63) is 16.9 Å². The van der Waals surface area contributed by atoms with Gasteiger partial charge >= 0.3 is 0 Å². The van der Waals surface area contributed by atoms with Crippen LogP contribution in [0.15, 0.2) is 6.20 Å². The highest BCUT2D eigenvalue weighted by Crippen LogP contribution is 2.39. The minimum atomic E-state index is 0.338. The molecule has 114 valence electrons. The molecule has 1 N–H and O–H groups in total. The van der Waals surface area contributed by atoms with Crippen LogP contribution in [0.25, 0.3) is 0 Å². The highest BCUT2D eigenvalue weighted by molar-refractivity contribution is 6.31. The third-order valence-electron chi connectivity index (χ3n) is 4.53. The van der Waals surface area contributed by atoms with E-state index in [9.17, 15) is 0 Å². The number of hydrogen-bond acceptors (Lipinski definition) is 2. The van der Waals surface area contributed by atoms with Crippen LogP contribution >= 0.6 is 11.6 Å². The van der Waals surface area contributed by atoms with E-state index >= 15 is 0 Å². The number of halogens is 1. The Morgan fingerprint density at radius 1 is 1.35 bits per heavy atom. The fourth-order valence-electron chi connectivity index (χ4n) is 3.38. The van der Waals surface area contributed by atoms with Crippen molar-refractivity contribution in [3.63, 3.8) is 0 Å². The van der Waals surface area contributed by atoms with E-state index in [0.717, 1.165) is 17.5 Å². The quantitative estimate of drug-likeness (QED) is 0.861. The van der Waals surface area contributed by atoms with Gasteiger partial charge in [-0.3, -0.25) is 4.68 Å². The lowest BCUT2D eigenvalue weighted by Crippen LogP contribution is -2.33. The van der Waals surface area contributed by atoms with Gasteiger partial charge in [0.05, 0.1) is 23.0 Å². The van der Waals surface area contributed by atoms with Gasteiger partial charge in [0.15, 0.2) is 0 Å². The van der Waals surface area contributed by atoms with Gasteiger partial charge in [0.1, 0.15) is 0 Å². The predicted octanol–water partition coefficient (Wildman–Crippen LogP) is 4.59. The normalized spacial score (nSPS) is 25.1. The van der Waals surface area contributed by atoms with E-state index in [1.54, 1.807) is 6.20 Å². The fraction of sp³-hybridized carbons (Fsp3) is 0.812. The van der Waals surface area contributed by atoms with E-state index in [0.29, 0.717) is 18.0 Å². The van der Waals surface area contributed by atoms with Gasteiger partial charge in [-0.2, -0.15) is 5.10 Å². The lowest BCUT2D eigenvalue weighted by molar-refractivity contribution is 0.224. The first kappa shape index (κ1) is 15.8. The number of nitrogens with zero attached hydrogens (tertiary/aromatic N) is 2. The van der Waals surface area contributed by atoms with Gasteiger partial charge in [-0.1, -0.05) is 38.3 Å². The standard InChI is InChI=1S/C16H28ClN3/c1-5-18-15(13-8-6-12(4)7-9-13)16-14(17)10-19-20(16)11(2)3/h10-13,15,18H,5-9H2,1-4H3. The van der Waals surface area contributed by atoms with Crippen molar-refractivity contribution in [1.29, 1.82) is 0 Å². The van der Waals surface area contributed by atoms with Gasteiger partial charge in [0.25, 0.3) is 0 Å². The molecule has 0 spiro atoms. The third-order valence-corrected chi connectivity index (χ3v) is 4.82. The molecule has 1 heterocycles. The highest BCUT2D eigenvalue weighted by Gasteiger charge is 2.31. The van der Waals surface area contributed by atoms with E-state index in [2.05, 4.69) is 42.8 Å². The lowest BCUT2D eigenvalue weighted by atomic mass is 9.78. The van der Waals surface area contributed by atoms with Gasteiger partial charge in [0.2, 0.25) is 0 Å². The summed E-state index contributed by atoms with van der Waals surface area (Å²) in [5.41, 5.74) is 1.18. The van der Waals surface area contributed by atoms with Crippen LogP contribution in [-0.2, 0) is 0 Å². The molecular formula is C16H28ClN3. The Balaban J connectivity index is 2.26. The van der Waals surface area contributed by atoms with E-state index in [-0.39, 0.29) is 0 Å². The molecule has 0 aromatic carbocycles. The number of aromatic nitrogens is 2. The van der Waals surface area contributed by atoms with E-state index in [1.165, 1.54) is 31.4 Å². The van der Waals surface area contributed by atoms with Gasteiger partial charge < -0.3 is 5.32 Å². The molecule has 0 amide bonds. The molecule has 0 saturated heterocycles. The molecule has 1 fully saturated rings. The number of rotatable bonds is 5. The number of hydrogen-bond donors (Lipinski definition) is 1. The molecule has 0 bridgehead atoms. The molecule has 1 unspecified atom stereocenters. The molecule has 2 rings (SSSR count). The molecule has 1 aromatic heterocycles. The second kappa shape index (κ2) is 6.95. The fourth-order valence-corrected chi connectivity index (χ4v) is 3.63. The zero-order valence-corrected chi connectivity index (χ0v) is 14.0. The average Bonchev–Trinajstić information content (AvgIpc) is 2.79. The van der Waals surface area contributed by atoms with Crippen LogP contribution in [0.5, 0.6) is 0 Å². The third kappa shape index (κ3) is 3.37. The van der Waals surface area contributed by atoms with Crippen LogP contribution < -0.4 is 5.32 Å². The van der Waals surface area contributed by atoms with Crippen LogP contribution in [-0.4, -0.2) is 16.3 Å². The molecule has 1 aliphatic rings. The minimum absolute atomic E-state index is 0.338. The van der Waals surface area contributed by atoms with Crippen molar-refractivity contribution in [1.82, 2.24) is 15.1 Å². The van der Waals surface area contributed by atoms with Gasteiger partial charge in [0, 0.05) is 6.04 Å². The summed E-state index contributed by atoms with van der Waals surface area (Å²) in [5.74, 6) is 1.55. The van der Waals surface area contributed by atoms with Crippen molar-refractivity contribution in [2.24, 2.45) is 11.8 Å². The Kier molecular flexibility index (Phi) is 5.50. The van der Waals surface area contributed by atoms with Crippen molar-refractivity contribution in [2.45, 2.75) is 65.5 Å². The summed E-state index contributed by atoms with van der Waals surface area (Å²) in [6, 6.07) is 0.686. The maximum Gasteiger partial charge on any atom is 0.0834 e. The second-order valence-electron chi connectivity index (χ2n) is 6.47. The first-order chi connectivity index (χ1) is 9.54. The van der Waals surface area contributed by atoms with Crippen LogP contribution in [0.4, 0.5) is 0 Å². The molecule has 20 heavy (non-hydrogen) atoms. The maximum atomic E-state index is 6.44. The molecule has 1 aromatic rings. The molecule has 0 aliphatic heterocycles. The van der Waals surface area contributed by atoms with Crippen LogP contribution in [0.1, 0.15) is 71.2 Å². The van der Waals surface area contributed by atoms with Gasteiger partial charge in [-0.15, -0.1) is 0 Å². The first-order valence-corrected chi connectivity index (χ1v) is 8.38. The molecular weight excluding hydrogens is 270 g/mol. The molecule has 1 saturated carbocycles. The predicted molar refractivity (Wildman–Crippen MR) is 85.2 cm³/mol. The van der Waals surface area contributed by atoms with Crippen LogP contribution in [0.2, 0.25) is 5.02 Å². The SMILES string of the molecule is CCNC(c1c(Cl)cnn1C(C)C)C1CCC(C)CC1. The first-order valence-electron chi connectivity index (χ1n) is 8.00. The summed E-state index contributed by atoms with van der Waals surface area (Å²) in [6.45, 7) is 9.83. The molecule has 4 heteroatoms. The minimum Gasteiger partial charge on any atom is -0.309 e. The summed E-state index contributed by atoms with van der Waals surface area (Å²) < 4.78 is 2.09. The average molecular weight is 298 g/mol. The van der Waals surface area contributed by atoms with Gasteiger partial charge in [-0.25, -0.2) is 0 Å². The van der Waals surface area contributed by atoms with Gasteiger partial charge in [-0.05, 0) is 45.1 Å². The lowest BCUT2D eigenvalue weighted by Gasteiger charge is -2.34. The Bertz CT molecular complexity index is 419. The summed E-state index contributed by atoms with van der Waals surface area (Å²) in [4.78, 5) is 0. The Labute approximate surface area is 128 Å². The highest BCUT2D eigenvalue weighted by atomic mass is 35.5. The topological polar surface area (TPSA) is 29.9 Å². The number of nitrogens with one attached hydrogen (secondary N) is 1. The Hall–Kier alpha value is -0.540. The molecule has 3 nitrogen and oxygen atoms in total. The summed E-state index contributed by atoms with van der Waals surface area (Å²) in [6.07, 6.45) is 7.05. The van der Waals surface area contributed by atoms with E-state index in [1.807, 2.05) is 0 Å². The largest absolute Gasteiger partial charge is 0.309 e. The zero-order valence-electron chi connectivity index (χ0n) is 13.2. The van der Waals surface area contributed by atoms with Crippen molar-refractivity contribution in [3.8, 4) is 0 Å². The van der Waals surface area contributed by atoms with E-state index < -0.39 is 0 Å². The Morgan fingerprint density at radius 2 is 2.00 bits per heavy atom. The Morgan fingerprint density at radius 3 is 2.55 bits per heavy atom. The zero-order chi connectivity index (χ0) is 14.7. The van der Waals surface area contributed by atoms with Crippen molar-refractivity contribution in [2.75, 3.05) is 6.54 Å². The van der Waals surface area contributed by atoms with Crippen molar-refractivity contribution < 1.29 is 0 Å². The smallest absolute Gasteiger partial charge is 0.0834 e. The summed E-state index contributed by atoms with van der Waals surface area (Å²) in [7, 11) is 0. The maximum absolute atomic E-state index is 6.44. The second-order valence-corrected chi connectivity index (χ2v) is 6.88. The molecule has 1 atom stereocenters. The molecule has 1 aliphatic carbocycles. The van der Waals surface area contributed by atoms with Crippen LogP contribution in [0, 0.1) is 11.8 Å².